The molecule has 0 radical (unpaired) electrons. The van der Waals surface area contributed by atoms with Crippen LogP contribution in [-0.2, 0) is 10.0 Å². The molecule has 0 aliphatic rings. The molecule has 10 heteroatoms. The first-order chi connectivity index (χ1) is 9.68. The van der Waals surface area contributed by atoms with Crippen LogP contribution < -0.4 is 10.5 Å². The van der Waals surface area contributed by atoms with E-state index in [0.717, 1.165) is 29.5 Å². The Morgan fingerprint density at radius 2 is 1.95 bits per heavy atom. The van der Waals surface area contributed by atoms with Crippen LogP contribution in [0.3, 0.4) is 0 Å². The van der Waals surface area contributed by atoms with Crippen molar-refractivity contribution in [2.24, 2.45) is 5.14 Å². The van der Waals surface area contributed by atoms with E-state index in [1.807, 2.05) is 0 Å². The fourth-order valence-corrected chi connectivity index (χ4v) is 4.10. The van der Waals surface area contributed by atoms with Crippen LogP contribution in [0.4, 0.5) is 10.1 Å². The molecule has 112 valence electrons. The van der Waals surface area contributed by atoms with E-state index in [2.05, 4.69) is 37.2 Å². The molecule has 0 bridgehead atoms. The van der Waals surface area contributed by atoms with Gasteiger partial charge in [-0.25, -0.2) is 17.9 Å². The summed E-state index contributed by atoms with van der Waals surface area (Å²) >= 11 is 7.62. The second-order valence-corrected chi connectivity index (χ2v) is 8.63. The number of nitrogens with two attached hydrogens (primary N) is 1. The summed E-state index contributed by atoms with van der Waals surface area (Å²) in [5.74, 6) is -1.26. The average Bonchev–Trinajstić information content (AvgIpc) is 2.68. The number of amides is 1. The molecule has 0 unspecified atom stereocenters. The van der Waals surface area contributed by atoms with Gasteiger partial charge in [-0.15, -0.1) is 11.3 Å². The normalized spacial score (nSPS) is 11.4. The van der Waals surface area contributed by atoms with Crippen LogP contribution in [0.15, 0.2) is 37.4 Å². The molecule has 0 atom stereocenters. The monoisotopic (exact) mass is 456 g/mol. The Labute approximate surface area is 140 Å². The highest BCUT2D eigenvalue weighted by molar-refractivity contribution is 9.13. The quantitative estimate of drug-likeness (QED) is 0.740. The summed E-state index contributed by atoms with van der Waals surface area (Å²) < 4.78 is 37.5. The number of sulfonamides is 1. The highest BCUT2D eigenvalue weighted by Crippen LogP contribution is 2.33. The van der Waals surface area contributed by atoms with E-state index in [-0.39, 0.29) is 10.6 Å². The molecule has 3 N–H and O–H groups in total. The highest BCUT2D eigenvalue weighted by Gasteiger charge is 2.19. The molecule has 0 fully saturated rings. The lowest BCUT2D eigenvalue weighted by molar-refractivity contribution is 0.103. The van der Waals surface area contributed by atoms with Crippen LogP contribution in [0.25, 0.3) is 0 Å². The standard InChI is InChI=1S/C11H7Br2FN2O3S2/c12-6-4-8(20-10(6)13)11(17)16-7-3-5(14)1-2-9(7)21(15,18)19/h1-4H,(H,16,17)(H2,15,18,19). The molecule has 21 heavy (non-hydrogen) atoms. The lowest BCUT2D eigenvalue weighted by atomic mass is 10.3. The Morgan fingerprint density at radius 1 is 1.29 bits per heavy atom. The minimum atomic E-state index is -4.08. The third kappa shape index (κ3) is 3.89. The van der Waals surface area contributed by atoms with Gasteiger partial charge in [-0.3, -0.25) is 4.79 Å². The van der Waals surface area contributed by atoms with Crippen molar-refractivity contribution in [3.05, 3.63) is 43.2 Å². The van der Waals surface area contributed by atoms with Gasteiger partial charge in [0, 0.05) is 4.47 Å². The molecule has 1 amide bonds. The maximum Gasteiger partial charge on any atom is 0.265 e. The van der Waals surface area contributed by atoms with Crippen molar-refractivity contribution in [3.8, 4) is 0 Å². The Hall–Kier alpha value is -0.810. The second-order valence-electron chi connectivity index (χ2n) is 3.87. The van der Waals surface area contributed by atoms with Crippen molar-refractivity contribution in [2.75, 3.05) is 5.32 Å². The summed E-state index contributed by atoms with van der Waals surface area (Å²) in [6.45, 7) is 0. The van der Waals surface area contributed by atoms with Crippen molar-refractivity contribution < 1.29 is 17.6 Å². The number of benzene rings is 1. The number of rotatable bonds is 3. The molecule has 1 aromatic heterocycles. The van der Waals surface area contributed by atoms with E-state index < -0.39 is 21.7 Å². The summed E-state index contributed by atoms with van der Waals surface area (Å²) in [5.41, 5.74) is -0.205. The van der Waals surface area contributed by atoms with Crippen LogP contribution in [0.2, 0.25) is 0 Å². The second kappa shape index (κ2) is 6.13. The summed E-state index contributed by atoms with van der Waals surface area (Å²) in [4.78, 5) is 12.0. The first-order valence-electron chi connectivity index (χ1n) is 5.27. The predicted octanol–water partition coefficient (Wildman–Crippen LogP) is 3.31. The van der Waals surface area contributed by atoms with Crippen molar-refractivity contribution in [2.45, 2.75) is 4.90 Å². The molecule has 5 nitrogen and oxygen atoms in total. The number of carbonyl (C=O) groups excluding carboxylic acids is 1. The van der Waals surface area contributed by atoms with Crippen molar-refractivity contribution in [1.82, 2.24) is 0 Å². The minimum Gasteiger partial charge on any atom is -0.320 e. The molecule has 2 rings (SSSR count). The van der Waals surface area contributed by atoms with Crippen molar-refractivity contribution in [1.29, 1.82) is 0 Å². The smallest absolute Gasteiger partial charge is 0.265 e. The fourth-order valence-electron chi connectivity index (χ4n) is 1.49. The van der Waals surface area contributed by atoms with Crippen LogP contribution >= 0.6 is 43.2 Å². The van der Waals surface area contributed by atoms with Crippen LogP contribution in [0.1, 0.15) is 9.67 Å². The maximum absolute atomic E-state index is 13.3. The van der Waals surface area contributed by atoms with E-state index in [1.165, 1.54) is 0 Å². The number of hydrogen-bond donors (Lipinski definition) is 2. The molecule has 0 aliphatic carbocycles. The molecular weight excluding hydrogens is 451 g/mol. The van der Waals surface area contributed by atoms with Gasteiger partial charge < -0.3 is 5.32 Å². The molecule has 0 saturated heterocycles. The lowest BCUT2D eigenvalue weighted by Crippen LogP contribution is -2.18. The summed E-state index contributed by atoms with van der Waals surface area (Å²) in [6.07, 6.45) is 0. The predicted molar refractivity (Wildman–Crippen MR) is 85.4 cm³/mol. The van der Waals surface area contributed by atoms with Gasteiger partial charge >= 0.3 is 0 Å². The number of hydrogen-bond acceptors (Lipinski definition) is 4. The fraction of sp³-hybridized carbons (Fsp3) is 0. The Bertz CT molecular complexity index is 801. The minimum absolute atomic E-state index is 0.205. The molecule has 0 spiro atoms. The topological polar surface area (TPSA) is 89.3 Å². The maximum atomic E-state index is 13.3. The molecular formula is C11H7Br2FN2O3S2. The van der Waals surface area contributed by atoms with E-state index in [0.29, 0.717) is 13.1 Å². The zero-order chi connectivity index (χ0) is 15.8. The van der Waals surface area contributed by atoms with E-state index >= 15 is 0 Å². The summed E-state index contributed by atoms with van der Waals surface area (Å²) in [7, 11) is -4.08. The Kier molecular flexibility index (Phi) is 4.83. The summed E-state index contributed by atoms with van der Waals surface area (Å²) in [5, 5.41) is 7.38. The Balaban J connectivity index is 2.39. The van der Waals surface area contributed by atoms with Gasteiger partial charge in [-0.05, 0) is 56.1 Å². The molecule has 0 saturated carbocycles. The van der Waals surface area contributed by atoms with E-state index in [9.17, 15) is 17.6 Å². The van der Waals surface area contributed by atoms with Gasteiger partial charge in [0.05, 0.1) is 14.4 Å². The van der Waals surface area contributed by atoms with Crippen LogP contribution in [0, 0.1) is 5.82 Å². The molecule has 2 aromatic rings. The zero-order valence-corrected chi connectivity index (χ0v) is 14.9. The molecule has 1 heterocycles. The van der Waals surface area contributed by atoms with Crippen molar-refractivity contribution >= 4 is 64.8 Å². The van der Waals surface area contributed by atoms with Gasteiger partial charge in [0.25, 0.3) is 5.91 Å². The van der Waals surface area contributed by atoms with Crippen LogP contribution in [0.5, 0.6) is 0 Å². The first-order valence-corrected chi connectivity index (χ1v) is 9.22. The molecule has 0 aliphatic heterocycles. The van der Waals surface area contributed by atoms with Gasteiger partial charge in [-0.1, -0.05) is 0 Å². The lowest BCUT2D eigenvalue weighted by Gasteiger charge is -2.08. The third-order valence-electron chi connectivity index (χ3n) is 2.37. The van der Waals surface area contributed by atoms with Gasteiger partial charge in [-0.2, -0.15) is 0 Å². The highest BCUT2D eigenvalue weighted by atomic mass is 79.9. The van der Waals surface area contributed by atoms with E-state index in [1.54, 1.807) is 6.07 Å². The van der Waals surface area contributed by atoms with Crippen molar-refractivity contribution in [3.63, 3.8) is 0 Å². The number of carbonyl (C=O) groups is 1. The van der Waals surface area contributed by atoms with Gasteiger partial charge in [0.1, 0.15) is 10.7 Å². The number of nitrogens with one attached hydrogen (secondary N) is 1. The number of anilines is 1. The molecule has 1 aromatic carbocycles. The average molecular weight is 458 g/mol. The largest absolute Gasteiger partial charge is 0.320 e. The number of halogens is 3. The number of thiophene rings is 1. The van der Waals surface area contributed by atoms with Gasteiger partial charge in [0.2, 0.25) is 10.0 Å². The van der Waals surface area contributed by atoms with Crippen LogP contribution in [-0.4, -0.2) is 14.3 Å². The summed E-state index contributed by atoms with van der Waals surface area (Å²) in [6, 6.07) is 4.41. The first kappa shape index (κ1) is 16.6. The third-order valence-corrected chi connectivity index (χ3v) is 6.59. The van der Waals surface area contributed by atoms with E-state index in [4.69, 9.17) is 5.14 Å². The SMILES string of the molecule is NS(=O)(=O)c1ccc(F)cc1NC(=O)c1cc(Br)c(Br)s1. The Morgan fingerprint density at radius 3 is 2.48 bits per heavy atom. The number of primary sulfonamides is 1. The zero-order valence-electron chi connectivity index (χ0n) is 10.1. The van der Waals surface area contributed by atoms with Gasteiger partial charge in [0.15, 0.2) is 0 Å².